The molecule has 1 aliphatic heterocycles. The Kier molecular flexibility index (Phi) is 3.89. The van der Waals surface area contributed by atoms with Gasteiger partial charge in [-0.2, -0.15) is 0 Å². The topological polar surface area (TPSA) is 79.9 Å². The summed E-state index contributed by atoms with van der Waals surface area (Å²) in [5.41, 5.74) is 1.26. The molecule has 7 heteroatoms. The van der Waals surface area contributed by atoms with Crippen LogP contribution < -0.4 is 20.0 Å². The first-order valence-electron chi connectivity index (χ1n) is 7.89. The molecule has 0 unspecified atom stereocenters. The molecule has 0 saturated carbocycles. The fraction of sp³-hybridized carbons (Fsp3) is 0.222. The predicted octanol–water partition coefficient (Wildman–Crippen LogP) is 2.71. The first-order chi connectivity index (χ1) is 12.2. The highest BCUT2D eigenvalue weighted by Crippen LogP contribution is 2.35. The zero-order chi connectivity index (χ0) is 17.2. The van der Waals surface area contributed by atoms with E-state index in [4.69, 9.17) is 18.6 Å². The van der Waals surface area contributed by atoms with Crippen molar-refractivity contribution in [3.8, 4) is 17.2 Å². The van der Waals surface area contributed by atoms with Gasteiger partial charge in [-0.25, -0.2) is 4.79 Å². The van der Waals surface area contributed by atoms with Crippen molar-refractivity contribution in [2.75, 3.05) is 6.79 Å². The molecule has 0 bridgehead atoms. The number of ether oxygens (including phenoxy) is 3. The monoisotopic (exact) mass is 341 g/mol. The maximum Gasteiger partial charge on any atom is 0.419 e. The lowest BCUT2D eigenvalue weighted by atomic mass is 10.3. The van der Waals surface area contributed by atoms with Crippen molar-refractivity contribution in [3.05, 3.63) is 53.0 Å². The Morgan fingerprint density at radius 3 is 2.88 bits per heavy atom. The number of aryl methyl sites for hydroxylation is 1. The van der Waals surface area contributed by atoms with Gasteiger partial charge in [-0.1, -0.05) is 12.1 Å². The number of nitrogens with zero attached hydrogens (tertiary/aromatic N) is 1. The van der Waals surface area contributed by atoms with Crippen molar-refractivity contribution in [2.24, 2.45) is 0 Å². The molecular weight excluding hydrogens is 326 g/mol. The number of hydrogen-bond acceptors (Lipinski definition) is 6. The summed E-state index contributed by atoms with van der Waals surface area (Å²) in [5.74, 6) is 0.790. The quantitative estimate of drug-likeness (QED) is 0.524. The predicted molar refractivity (Wildman–Crippen MR) is 87.9 cm³/mol. The van der Waals surface area contributed by atoms with Crippen LogP contribution in [-0.4, -0.2) is 17.3 Å². The van der Waals surface area contributed by atoms with Crippen LogP contribution in [-0.2, 0) is 11.3 Å². The van der Waals surface area contributed by atoms with Gasteiger partial charge in [-0.15, -0.1) is 0 Å². The Labute approximate surface area is 142 Å². The normalized spacial score (nSPS) is 12.5. The molecule has 1 aromatic heterocycles. The number of carbonyl (C=O) groups is 1. The molecule has 25 heavy (non-hydrogen) atoms. The fourth-order valence-corrected chi connectivity index (χ4v) is 2.73. The van der Waals surface area contributed by atoms with Gasteiger partial charge in [0.2, 0.25) is 6.79 Å². The number of hydrogen-bond donors (Lipinski definition) is 0. The van der Waals surface area contributed by atoms with E-state index >= 15 is 0 Å². The summed E-state index contributed by atoms with van der Waals surface area (Å²) in [6.07, 6.45) is 0.646. The second-order valence-corrected chi connectivity index (χ2v) is 5.58. The summed E-state index contributed by atoms with van der Waals surface area (Å²) >= 11 is 0. The number of aromatic nitrogens is 1. The summed E-state index contributed by atoms with van der Waals surface area (Å²) in [7, 11) is 0. The van der Waals surface area contributed by atoms with Gasteiger partial charge in [0.05, 0.1) is 5.52 Å². The van der Waals surface area contributed by atoms with Crippen LogP contribution in [0.4, 0.5) is 0 Å². The molecule has 2 aromatic carbocycles. The van der Waals surface area contributed by atoms with E-state index in [2.05, 4.69) is 0 Å². The SMILES string of the molecule is O=C(CCCn1c(=O)oc2ccccc21)Oc1ccc2c(c1)OCO2. The van der Waals surface area contributed by atoms with Gasteiger partial charge < -0.3 is 18.6 Å². The van der Waals surface area contributed by atoms with Crippen LogP contribution in [0, 0.1) is 0 Å². The molecule has 1 aliphatic rings. The molecule has 128 valence electrons. The Hall–Kier alpha value is -3.22. The van der Waals surface area contributed by atoms with Crippen LogP contribution in [0.25, 0.3) is 11.1 Å². The highest BCUT2D eigenvalue weighted by Gasteiger charge is 2.15. The molecule has 0 radical (unpaired) electrons. The molecule has 0 saturated heterocycles. The van der Waals surface area contributed by atoms with Crippen LogP contribution in [0.1, 0.15) is 12.8 Å². The van der Waals surface area contributed by atoms with Gasteiger partial charge in [-0.05, 0) is 30.7 Å². The van der Waals surface area contributed by atoms with Crippen molar-refractivity contribution < 1.29 is 23.4 Å². The zero-order valence-corrected chi connectivity index (χ0v) is 13.3. The summed E-state index contributed by atoms with van der Waals surface area (Å²) in [4.78, 5) is 23.9. The molecular formula is C18H15NO6. The molecule has 4 rings (SSSR count). The number of fused-ring (bicyclic) bond motifs is 2. The van der Waals surface area contributed by atoms with E-state index in [1.54, 1.807) is 30.3 Å². The summed E-state index contributed by atoms with van der Waals surface area (Å²) in [5, 5.41) is 0. The minimum absolute atomic E-state index is 0.167. The van der Waals surface area contributed by atoms with Crippen molar-refractivity contribution in [1.82, 2.24) is 4.57 Å². The first-order valence-corrected chi connectivity index (χ1v) is 7.89. The van der Waals surface area contributed by atoms with Crippen molar-refractivity contribution >= 4 is 17.1 Å². The van der Waals surface area contributed by atoms with Crippen molar-refractivity contribution in [3.63, 3.8) is 0 Å². The maximum absolute atomic E-state index is 12.0. The van der Waals surface area contributed by atoms with E-state index in [0.29, 0.717) is 35.8 Å². The highest BCUT2D eigenvalue weighted by atomic mass is 16.7. The first kappa shape index (κ1) is 15.3. The smallest absolute Gasteiger partial charge is 0.419 e. The van der Waals surface area contributed by atoms with Gasteiger partial charge in [0.1, 0.15) is 5.75 Å². The molecule has 0 fully saturated rings. The maximum atomic E-state index is 12.0. The lowest BCUT2D eigenvalue weighted by molar-refractivity contribution is -0.134. The van der Waals surface area contributed by atoms with E-state index in [-0.39, 0.29) is 19.2 Å². The van der Waals surface area contributed by atoms with Crippen LogP contribution >= 0.6 is 0 Å². The Bertz CT molecular complexity index is 987. The Morgan fingerprint density at radius 1 is 1.12 bits per heavy atom. The summed E-state index contributed by atoms with van der Waals surface area (Å²) in [6, 6.07) is 12.2. The fourth-order valence-electron chi connectivity index (χ4n) is 2.73. The number of oxazole rings is 1. The van der Waals surface area contributed by atoms with E-state index in [1.165, 1.54) is 4.57 Å². The molecule has 0 amide bonds. The van der Waals surface area contributed by atoms with E-state index < -0.39 is 5.76 Å². The number of para-hydroxylation sites is 2. The van der Waals surface area contributed by atoms with E-state index in [9.17, 15) is 9.59 Å². The molecule has 0 spiro atoms. The Morgan fingerprint density at radius 2 is 1.96 bits per heavy atom. The minimum Gasteiger partial charge on any atom is -0.454 e. The highest BCUT2D eigenvalue weighted by molar-refractivity contribution is 5.73. The third-order valence-corrected chi connectivity index (χ3v) is 3.91. The number of benzene rings is 2. The van der Waals surface area contributed by atoms with Crippen LogP contribution in [0.2, 0.25) is 0 Å². The third kappa shape index (κ3) is 3.08. The van der Waals surface area contributed by atoms with Crippen LogP contribution in [0.3, 0.4) is 0 Å². The molecule has 7 nitrogen and oxygen atoms in total. The van der Waals surface area contributed by atoms with Crippen LogP contribution in [0.15, 0.2) is 51.7 Å². The number of rotatable bonds is 5. The van der Waals surface area contributed by atoms with E-state index in [1.807, 2.05) is 12.1 Å². The molecule has 0 N–H and O–H groups in total. The standard InChI is InChI=1S/C18H15NO6/c20-17(24-12-7-8-15-16(10-12)23-11-22-15)6-3-9-19-13-4-1-2-5-14(13)25-18(19)21/h1-2,4-5,7-8,10H,3,6,9,11H2. The zero-order valence-electron chi connectivity index (χ0n) is 13.3. The summed E-state index contributed by atoms with van der Waals surface area (Å²) in [6.45, 7) is 0.548. The lowest BCUT2D eigenvalue weighted by Crippen LogP contribution is -2.16. The van der Waals surface area contributed by atoms with Gasteiger partial charge in [0.15, 0.2) is 17.1 Å². The van der Waals surface area contributed by atoms with Gasteiger partial charge in [-0.3, -0.25) is 9.36 Å². The lowest BCUT2D eigenvalue weighted by Gasteiger charge is -2.05. The Balaban J connectivity index is 1.36. The largest absolute Gasteiger partial charge is 0.454 e. The van der Waals surface area contributed by atoms with Gasteiger partial charge in [0, 0.05) is 19.0 Å². The molecule has 3 aromatic rings. The third-order valence-electron chi connectivity index (χ3n) is 3.91. The minimum atomic E-state index is -0.426. The number of carbonyl (C=O) groups excluding carboxylic acids is 1. The average molecular weight is 341 g/mol. The van der Waals surface area contributed by atoms with Crippen molar-refractivity contribution in [2.45, 2.75) is 19.4 Å². The van der Waals surface area contributed by atoms with Gasteiger partial charge >= 0.3 is 11.7 Å². The van der Waals surface area contributed by atoms with Gasteiger partial charge in [0.25, 0.3) is 0 Å². The molecule has 0 atom stereocenters. The van der Waals surface area contributed by atoms with Crippen molar-refractivity contribution in [1.29, 1.82) is 0 Å². The molecule has 0 aliphatic carbocycles. The average Bonchev–Trinajstić information content (AvgIpc) is 3.19. The van der Waals surface area contributed by atoms with E-state index in [0.717, 1.165) is 5.52 Å². The number of esters is 1. The second-order valence-electron chi connectivity index (χ2n) is 5.58. The second kappa shape index (κ2) is 6.35. The summed E-state index contributed by atoms with van der Waals surface area (Å²) < 4.78 is 22.4. The van der Waals surface area contributed by atoms with Crippen LogP contribution in [0.5, 0.6) is 17.2 Å². The molecule has 2 heterocycles.